The Labute approximate surface area is 111 Å². The minimum absolute atomic E-state index is 0.00596. The van der Waals surface area contributed by atoms with Crippen molar-refractivity contribution in [3.05, 3.63) is 29.6 Å². The summed E-state index contributed by atoms with van der Waals surface area (Å²) in [4.78, 5) is 23.3. The molecule has 0 saturated heterocycles. The van der Waals surface area contributed by atoms with Gasteiger partial charge in [-0.05, 0) is 26.0 Å². The molecule has 0 aliphatic heterocycles. The van der Waals surface area contributed by atoms with Gasteiger partial charge in [0.1, 0.15) is 5.82 Å². The fourth-order valence-corrected chi connectivity index (χ4v) is 1.60. The molecule has 0 atom stereocenters. The normalized spacial score (nSPS) is 10.2. The molecule has 1 rings (SSSR count). The second kappa shape index (κ2) is 6.72. The first-order valence-corrected chi connectivity index (χ1v) is 5.99. The van der Waals surface area contributed by atoms with Gasteiger partial charge in [0.2, 0.25) is 5.91 Å². The zero-order chi connectivity index (χ0) is 14.4. The van der Waals surface area contributed by atoms with E-state index in [9.17, 15) is 14.0 Å². The number of rotatable bonds is 5. The van der Waals surface area contributed by atoms with Crippen LogP contribution in [0.1, 0.15) is 24.2 Å². The lowest BCUT2D eigenvalue weighted by molar-refractivity contribution is -0.120. The van der Waals surface area contributed by atoms with Crippen LogP contribution in [0.5, 0.6) is 0 Å². The topological polar surface area (TPSA) is 70.2 Å². The highest BCUT2D eigenvalue weighted by Gasteiger charge is 2.14. The van der Waals surface area contributed by atoms with Gasteiger partial charge in [-0.1, -0.05) is 6.07 Å². The van der Waals surface area contributed by atoms with Gasteiger partial charge in [-0.15, -0.1) is 0 Å². The summed E-state index contributed by atoms with van der Waals surface area (Å²) in [5, 5.41) is 7.72. The van der Waals surface area contributed by atoms with Gasteiger partial charge in [-0.25, -0.2) is 4.39 Å². The maximum absolute atomic E-state index is 13.5. The molecule has 0 radical (unpaired) electrons. The molecular weight excluding hydrogens is 249 g/mol. The van der Waals surface area contributed by atoms with E-state index in [1.807, 2.05) is 13.8 Å². The molecule has 2 amide bonds. The monoisotopic (exact) mass is 267 g/mol. The van der Waals surface area contributed by atoms with E-state index in [4.69, 9.17) is 0 Å². The lowest BCUT2D eigenvalue weighted by atomic mass is 10.1. The van der Waals surface area contributed by atoms with Gasteiger partial charge in [0.05, 0.1) is 17.8 Å². The van der Waals surface area contributed by atoms with Crippen molar-refractivity contribution in [2.45, 2.75) is 19.9 Å². The fraction of sp³-hybridized carbons (Fsp3) is 0.385. The molecule has 6 heteroatoms. The van der Waals surface area contributed by atoms with Crippen LogP contribution >= 0.6 is 0 Å². The lowest BCUT2D eigenvalue weighted by Gasteiger charge is -2.11. The van der Waals surface area contributed by atoms with E-state index in [-0.39, 0.29) is 29.7 Å². The van der Waals surface area contributed by atoms with Gasteiger partial charge >= 0.3 is 0 Å². The first kappa shape index (κ1) is 14.9. The number of para-hydroxylation sites is 1. The van der Waals surface area contributed by atoms with Crippen molar-refractivity contribution in [3.8, 4) is 0 Å². The summed E-state index contributed by atoms with van der Waals surface area (Å²) in [5.74, 6) is -1.30. The van der Waals surface area contributed by atoms with Crippen molar-refractivity contribution in [3.63, 3.8) is 0 Å². The Morgan fingerprint density at radius 3 is 2.58 bits per heavy atom. The summed E-state index contributed by atoms with van der Waals surface area (Å²) < 4.78 is 13.5. The van der Waals surface area contributed by atoms with Gasteiger partial charge in [-0.2, -0.15) is 0 Å². The van der Waals surface area contributed by atoms with E-state index >= 15 is 0 Å². The molecule has 0 fully saturated rings. The van der Waals surface area contributed by atoms with Gasteiger partial charge in [-0.3, -0.25) is 9.59 Å². The van der Waals surface area contributed by atoms with Crippen molar-refractivity contribution >= 4 is 17.5 Å². The van der Waals surface area contributed by atoms with Crippen molar-refractivity contribution in [1.29, 1.82) is 0 Å². The average molecular weight is 267 g/mol. The van der Waals surface area contributed by atoms with Crippen LogP contribution in [-0.4, -0.2) is 31.4 Å². The Bertz CT molecular complexity index is 475. The summed E-state index contributed by atoms with van der Waals surface area (Å²) in [6.07, 6.45) is 0. The Morgan fingerprint density at radius 2 is 2.00 bits per heavy atom. The molecule has 0 aliphatic rings. The zero-order valence-corrected chi connectivity index (χ0v) is 11.2. The van der Waals surface area contributed by atoms with Crippen LogP contribution in [0, 0.1) is 5.82 Å². The van der Waals surface area contributed by atoms with Crippen LogP contribution in [0.2, 0.25) is 0 Å². The number of nitrogens with one attached hydrogen (secondary N) is 3. The van der Waals surface area contributed by atoms with E-state index in [2.05, 4.69) is 16.0 Å². The fourth-order valence-electron chi connectivity index (χ4n) is 1.60. The number of hydrogen-bond donors (Lipinski definition) is 3. The molecule has 1 aromatic carbocycles. The third kappa shape index (κ3) is 4.24. The Balaban J connectivity index is 2.69. The predicted octanol–water partition coefficient (Wildman–Crippen LogP) is 1.12. The van der Waals surface area contributed by atoms with Crippen LogP contribution in [0.3, 0.4) is 0 Å². The summed E-state index contributed by atoms with van der Waals surface area (Å²) in [6, 6.07) is 4.20. The highest BCUT2D eigenvalue weighted by molar-refractivity contribution is 6.01. The van der Waals surface area contributed by atoms with Crippen LogP contribution in [0.4, 0.5) is 10.1 Å². The second-order valence-corrected chi connectivity index (χ2v) is 4.32. The van der Waals surface area contributed by atoms with Crippen molar-refractivity contribution in [2.75, 3.05) is 18.9 Å². The smallest absolute Gasteiger partial charge is 0.253 e. The quantitative estimate of drug-likeness (QED) is 0.748. The van der Waals surface area contributed by atoms with E-state index in [0.717, 1.165) is 0 Å². The standard InChI is InChI=1S/C13H18FN3O2/c1-8(2)17-11(18)7-16-13(19)9-5-4-6-10(14)12(9)15-3/h4-6,8,15H,7H2,1-3H3,(H,16,19)(H,17,18). The number of benzene rings is 1. The Kier molecular flexibility index (Phi) is 5.29. The molecule has 1 aromatic rings. The maximum Gasteiger partial charge on any atom is 0.253 e. The first-order chi connectivity index (χ1) is 8.95. The van der Waals surface area contributed by atoms with Gasteiger partial charge in [0, 0.05) is 13.1 Å². The van der Waals surface area contributed by atoms with Crippen LogP contribution in [-0.2, 0) is 4.79 Å². The van der Waals surface area contributed by atoms with E-state index < -0.39 is 11.7 Å². The largest absolute Gasteiger partial charge is 0.385 e. The lowest BCUT2D eigenvalue weighted by Crippen LogP contribution is -2.40. The number of halogens is 1. The third-order valence-electron chi connectivity index (χ3n) is 2.37. The number of carbonyl (C=O) groups excluding carboxylic acids is 2. The molecule has 0 aromatic heterocycles. The number of hydrogen-bond acceptors (Lipinski definition) is 3. The Hall–Kier alpha value is -2.11. The first-order valence-electron chi connectivity index (χ1n) is 5.99. The van der Waals surface area contributed by atoms with Gasteiger partial charge < -0.3 is 16.0 Å². The number of carbonyl (C=O) groups is 2. The highest BCUT2D eigenvalue weighted by Crippen LogP contribution is 2.18. The third-order valence-corrected chi connectivity index (χ3v) is 2.37. The van der Waals surface area contributed by atoms with Crippen LogP contribution in [0.25, 0.3) is 0 Å². The SMILES string of the molecule is CNc1c(F)cccc1C(=O)NCC(=O)NC(C)C. The average Bonchev–Trinajstić information content (AvgIpc) is 2.34. The predicted molar refractivity (Wildman–Crippen MR) is 71.6 cm³/mol. The molecule has 104 valence electrons. The van der Waals surface area contributed by atoms with Crippen LogP contribution in [0.15, 0.2) is 18.2 Å². The molecule has 3 N–H and O–H groups in total. The number of anilines is 1. The second-order valence-electron chi connectivity index (χ2n) is 4.32. The van der Waals surface area contributed by atoms with E-state index in [1.54, 1.807) is 0 Å². The zero-order valence-electron chi connectivity index (χ0n) is 11.2. The molecule has 0 unspecified atom stereocenters. The summed E-state index contributed by atoms with van der Waals surface area (Å²) in [5.41, 5.74) is 0.282. The molecule has 0 heterocycles. The summed E-state index contributed by atoms with van der Waals surface area (Å²) in [6.45, 7) is 3.51. The van der Waals surface area contributed by atoms with Crippen molar-refractivity contribution in [1.82, 2.24) is 10.6 Å². The van der Waals surface area contributed by atoms with Gasteiger partial charge in [0.15, 0.2) is 0 Å². The summed E-state index contributed by atoms with van der Waals surface area (Å²) in [7, 11) is 1.53. The van der Waals surface area contributed by atoms with Crippen LogP contribution < -0.4 is 16.0 Å². The van der Waals surface area contributed by atoms with Gasteiger partial charge in [0.25, 0.3) is 5.91 Å². The minimum Gasteiger partial charge on any atom is -0.385 e. The molecule has 0 aliphatic carbocycles. The molecule has 0 spiro atoms. The minimum atomic E-state index is -0.512. The highest BCUT2D eigenvalue weighted by atomic mass is 19.1. The summed E-state index contributed by atoms with van der Waals surface area (Å²) >= 11 is 0. The van der Waals surface area contributed by atoms with E-state index in [0.29, 0.717) is 0 Å². The van der Waals surface area contributed by atoms with Crippen molar-refractivity contribution in [2.24, 2.45) is 0 Å². The molecule has 19 heavy (non-hydrogen) atoms. The Morgan fingerprint density at radius 1 is 1.32 bits per heavy atom. The molecule has 0 bridgehead atoms. The van der Waals surface area contributed by atoms with E-state index in [1.165, 1.54) is 25.2 Å². The molecular formula is C13H18FN3O2. The number of amides is 2. The van der Waals surface area contributed by atoms with Crippen molar-refractivity contribution < 1.29 is 14.0 Å². The molecule has 5 nitrogen and oxygen atoms in total. The maximum atomic E-state index is 13.5. The molecule has 0 saturated carbocycles.